The topological polar surface area (TPSA) is 100 Å². The lowest BCUT2D eigenvalue weighted by atomic mass is 9.48. The van der Waals surface area contributed by atoms with Crippen molar-refractivity contribution in [3.05, 3.63) is 23.3 Å². The van der Waals surface area contributed by atoms with Gasteiger partial charge in [0.05, 0.1) is 17.6 Å². The number of piperidine rings is 1. The van der Waals surface area contributed by atoms with Crippen LogP contribution in [-0.4, -0.2) is 83.8 Å². The number of aromatic hydroxyl groups is 1. The summed E-state index contributed by atoms with van der Waals surface area (Å²) in [6.45, 7) is 5.97. The predicted octanol–water partition coefficient (Wildman–Crippen LogP) is 1.49. The summed E-state index contributed by atoms with van der Waals surface area (Å²) in [4.78, 5) is 15.2. The number of aliphatic hydroxyl groups is 1. The second-order valence-corrected chi connectivity index (χ2v) is 11.1. The average molecular weight is 461 g/mol. The van der Waals surface area contributed by atoms with E-state index in [-0.39, 0.29) is 30.5 Å². The molecule has 2 aliphatic heterocycles. The molecular formula is C25H36N2O6. The first kappa shape index (κ1) is 22.9. The molecule has 2 unspecified atom stereocenters. The van der Waals surface area contributed by atoms with Crippen LogP contribution in [0.5, 0.6) is 11.5 Å². The minimum absolute atomic E-state index is 0.143. The molecule has 1 saturated heterocycles. The number of methoxy groups -OCH3 is 1. The molecule has 3 N–H and O–H groups in total. The lowest BCUT2D eigenvalue weighted by Crippen LogP contribution is -2.78. The van der Waals surface area contributed by atoms with Gasteiger partial charge in [-0.15, -0.1) is 0 Å². The van der Waals surface area contributed by atoms with E-state index in [1.54, 1.807) is 13.2 Å². The molecule has 5 rings (SSSR count). The Kier molecular flexibility index (Phi) is 5.25. The van der Waals surface area contributed by atoms with Gasteiger partial charge in [-0.25, -0.2) is 0 Å². The molecule has 0 amide bonds. The first-order valence-electron chi connectivity index (χ1n) is 11.9. The highest BCUT2D eigenvalue weighted by Gasteiger charge is 2.73. The summed E-state index contributed by atoms with van der Waals surface area (Å²) >= 11 is 0. The molecular weight excluding hydrogens is 424 g/mol. The van der Waals surface area contributed by atoms with Crippen LogP contribution < -0.4 is 10.1 Å². The molecule has 6 atom stereocenters. The number of aliphatic hydroxyl groups excluding tert-OH is 1. The van der Waals surface area contributed by atoms with Crippen molar-refractivity contribution in [1.29, 1.82) is 0 Å². The van der Waals surface area contributed by atoms with Gasteiger partial charge in [0.2, 0.25) is 0 Å². The van der Waals surface area contributed by atoms with E-state index in [0.717, 1.165) is 31.4 Å². The van der Waals surface area contributed by atoms with Crippen molar-refractivity contribution >= 4 is 5.97 Å². The zero-order valence-electron chi connectivity index (χ0n) is 20.2. The van der Waals surface area contributed by atoms with Crippen LogP contribution in [0.1, 0.15) is 51.2 Å². The smallest absolute Gasteiger partial charge is 0.326 e. The summed E-state index contributed by atoms with van der Waals surface area (Å²) in [7, 11) is 3.95. The zero-order valence-corrected chi connectivity index (χ0v) is 20.2. The third kappa shape index (κ3) is 3.07. The van der Waals surface area contributed by atoms with Gasteiger partial charge in [-0.3, -0.25) is 10.1 Å². The molecule has 8 heteroatoms. The van der Waals surface area contributed by atoms with E-state index in [0.29, 0.717) is 12.2 Å². The van der Waals surface area contributed by atoms with Crippen molar-refractivity contribution in [2.45, 2.75) is 87.3 Å². The summed E-state index contributed by atoms with van der Waals surface area (Å²) in [6, 6.07) is 2.87. The molecule has 33 heavy (non-hydrogen) atoms. The second-order valence-electron chi connectivity index (χ2n) is 11.1. The zero-order chi connectivity index (χ0) is 23.8. The fraction of sp³-hybridized carbons (Fsp3) is 0.720. The first-order chi connectivity index (χ1) is 15.6. The lowest BCUT2D eigenvalue weighted by Gasteiger charge is -2.65. The monoisotopic (exact) mass is 460 g/mol. The Balaban J connectivity index is 1.56. The SMILES string of the molecule is CO[C@@]12CCC(N[C@@H](CO)C(=O)OC(C)(C)C)[C@@H]3Oc4c(O)ccc5c4[C@@]31CCN(C)C2C5. The molecule has 2 heterocycles. The predicted molar refractivity (Wildman–Crippen MR) is 122 cm³/mol. The van der Waals surface area contributed by atoms with Crippen LogP contribution in [0.4, 0.5) is 0 Å². The molecule has 4 aliphatic rings. The molecule has 182 valence electrons. The second kappa shape index (κ2) is 7.57. The van der Waals surface area contributed by atoms with Crippen molar-refractivity contribution in [1.82, 2.24) is 10.2 Å². The third-order valence-electron chi connectivity index (χ3n) is 8.34. The Morgan fingerprint density at radius 1 is 1.36 bits per heavy atom. The molecule has 0 aromatic heterocycles. The van der Waals surface area contributed by atoms with Crippen molar-refractivity contribution < 1.29 is 29.2 Å². The summed E-state index contributed by atoms with van der Waals surface area (Å²) in [5, 5.41) is 24.1. The van der Waals surface area contributed by atoms with Gasteiger partial charge in [0.1, 0.15) is 17.7 Å². The number of ether oxygens (including phenoxy) is 3. The lowest BCUT2D eigenvalue weighted by molar-refractivity contribution is -0.204. The standard InChI is InChI=1S/C25H36N2O6/c1-23(2,3)33-22(30)16(13-28)26-15-8-9-25(31-5)18-12-14-6-7-17(29)20-19(14)24(25,21(15)32-20)10-11-27(18)4/h6-7,15-16,18,21,26,28-29H,8-13H2,1-5H3/t15?,16-,18?,21-,24-,25+/m0/s1. The summed E-state index contributed by atoms with van der Waals surface area (Å²) in [5.41, 5.74) is 0.734. The molecule has 2 fully saturated rings. The van der Waals surface area contributed by atoms with Gasteiger partial charge in [-0.05, 0) is 71.7 Å². The number of phenolic OH excluding ortho intramolecular Hbond substituents is 1. The first-order valence-corrected chi connectivity index (χ1v) is 11.9. The third-order valence-corrected chi connectivity index (χ3v) is 8.34. The summed E-state index contributed by atoms with van der Waals surface area (Å²) < 4.78 is 18.5. The number of rotatable bonds is 5. The number of nitrogens with one attached hydrogen (secondary N) is 1. The van der Waals surface area contributed by atoms with E-state index < -0.39 is 28.6 Å². The Labute approximate surface area is 195 Å². The minimum Gasteiger partial charge on any atom is -0.504 e. The van der Waals surface area contributed by atoms with Gasteiger partial charge in [-0.1, -0.05) is 6.07 Å². The number of carbonyl (C=O) groups is 1. The van der Waals surface area contributed by atoms with Gasteiger partial charge in [-0.2, -0.15) is 0 Å². The van der Waals surface area contributed by atoms with Crippen LogP contribution in [-0.2, 0) is 26.1 Å². The van der Waals surface area contributed by atoms with Crippen molar-refractivity contribution in [2.24, 2.45) is 0 Å². The number of esters is 1. The van der Waals surface area contributed by atoms with Crippen LogP contribution in [0.25, 0.3) is 0 Å². The summed E-state index contributed by atoms with van der Waals surface area (Å²) in [6.07, 6.45) is 2.85. The Morgan fingerprint density at radius 3 is 2.79 bits per heavy atom. The van der Waals surface area contributed by atoms with Crippen LogP contribution in [0.3, 0.4) is 0 Å². The van der Waals surface area contributed by atoms with Crippen LogP contribution in [0.2, 0.25) is 0 Å². The number of carbonyl (C=O) groups excluding carboxylic acids is 1. The largest absolute Gasteiger partial charge is 0.504 e. The number of phenols is 1. The molecule has 1 saturated carbocycles. The Hall–Kier alpha value is -1.87. The molecule has 1 spiro atoms. The maximum atomic E-state index is 12.8. The van der Waals surface area contributed by atoms with Crippen LogP contribution in [0, 0.1) is 0 Å². The molecule has 8 nitrogen and oxygen atoms in total. The normalized spacial score (nSPS) is 35.5. The van der Waals surface area contributed by atoms with E-state index in [1.165, 1.54) is 5.56 Å². The van der Waals surface area contributed by atoms with Crippen molar-refractivity contribution in [2.75, 3.05) is 27.3 Å². The average Bonchev–Trinajstić information content (AvgIpc) is 3.11. The van der Waals surface area contributed by atoms with Crippen molar-refractivity contribution in [3.8, 4) is 11.5 Å². The summed E-state index contributed by atoms with van der Waals surface area (Å²) in [5.74, 6) is 0.216. The molecule has 2 bridgehead atoms. The number of benzene rings is 1. The maximum absolute atomic E-state index is 12.8. The number of hydrogen-bond acceptors (Lipinski definition) is 8. The quantitative estimate of drug-likeness (QED) is 0.569. The number of likely N-dealkylation sites (N-methyl/N-ethyl adjacent to an activating group) is 1. The van der Waals surface area contributed by atoms with Gasteiger partial charge < -0.3 is 29.3 Å². The number of likely N-dealkylation sites (tertiary alicyclic amines) is 1. The highest BCUT2D eigenvalue weighted by molar-refractivity contribution is 5.76. The van der Waals surface area contributed by atoms with Gasteiger partial charge in [0.15, 0.2) is 11.5 Å². The van der Waals surface area contributed by atoms with E-state index in [4.69, 9.17) is 14.2 Å². The molecule has 2 aliphatic carbocycles. The number of hydrogen-bond donors (Lipinski definition) is 3. The maximum Gasteiger partial charge on any atom is 0.326 e. The van der Waals surface area contributed by atoms with Crippen LogP contribution >= 0.6 is 0 Å². The fourth-order valence-corrected chi connectivity index (χ4v) is 7.14. The van der Waals surface area contributed by atoms with Crippen LogP contribution in [0.15, 0.2) is 12.1 Å². The molecule has 0 radical (unpaired) electrons. The molecule has 1 aromatic rings. The molecule has 1 aromatic carbocycles. The van der Waals surface area contributed by atoms with E-state index in [9.17, 15) is 15.0 Å². The van der Waals surface area contributed by atoms with E-state index in [1.807, 2.05) is 26.8 Å². The number of nitrogens with zero attached hydrogens (tertiary/aromatic N) is 1. The fourth-order valence-electron chi connectivity index (χ4n) is 7.14. The van der Waals surface area contributed by atoms with Gasteiger partial charge in [0.25, 0.3) is 0 Å². The highest BCUT2D eigenvalue weighted by Crippen LogP contribution is 2.66. The van der Waals surface area contributed by atoms with E-state index in [2.05, 4.69) is 17.3 Å². The minimum atomic E-state index is -0.855. The Morgan fingerprint density at radius 2 is 2.12 bits per heavy atom. The van der Waals surface area contributed by atoms with Gasteiger partial charge >= 0.3 is 5.97 Å². The van der Waals surface area contributed by atoms with Gasteiger partial charge in [0, 0.05) is 24.8 Å². The Bertz CT molecular complexity index is 961. The van der Waals surface area contributed by atoms with E-state index >= 15 is 0 Å². The highest BCUT2D eigenvalue weighted by atomic mass is 16.6. The van der Waals surface area contributed by atoms with Crippen molar-refractivity contribution in [3.63, 3.8) is 0 Å².